The van der Waals surface area contributed by atoms with E-state index in [1.165, 1.54) is 0 Å². The predicted octanol–water partition coefficient (Wildman–Crippen LogP) is 3.00. The second-order valence-electron chi connectivity index (χ2n) is 6.41. The lowest BCUT2D eigenvalue weighted by molar-refractivity contribution is -0.122. The first kappa shape index (κ1) is 15.8. The number of hydrogen-bond acceptors (Lipinski definition) is 5. The quantitative estimate of drug-likeness (QED) is 0.841. The standard InChI is InChI=1S/C19H20N2O4/c1-11-5-7-14(24-11)17-13-9-23-10-20(3)18(15-8-6-12(2)25-15)16(13)19(22)21(17)4/h5-8H,9-10H2,1-4H3. The van der Waals surface area contributed by atoms with Crippen LogP contribution < -0.4 is 0 Å². The summed E-state index contributed by atoms with van der Waals surface area (Å²) in [5.41, 5.74) is 2.94. The fourth-order valence-corrected chi connectivity index (χ4v) is 3.39. The first-order chi connectivity index (χ1) is 12.0. The Hall–Kier alpha value is -2.73. The van der Waals surface area contributed by atoms with Crippen LogP contribution in [0.5, 0.6) is 0 Å². The van der Waals surface area contributed by atoms with E-state index < -0.39 is 0 Å². The summed E-state index contributed by atoms with van der Waals surface area (Å²) in [7, 11) is 3.65. The van der Waals surface area contributed by atoms with Gasteiger partial charge in [0, 0.05) is 19.7 Å². The molecule has 2 aromatic heterocycles. The van der Waals surface area contributed by atoms with Gasteiger partial charge in [-0.15, -0.1) is 0 Å². The van der Waals surface area contributed by atoms with Crippen LogP contribution in [0.3, 0.4) is 0 Å². The lowest BCUT2D eigenvalue weighted by atomic mass is 10.0. The molecule has 0 saturated heterocycles. The molecule has 6 nitrogen and oxygen atoms in total. The van der Waals surface area contributed by atoms with Crippen molar-refractivity contribution in [3.05, 3.63) is 58.5 Å². The van der Waals surface area contributed by atoms with Crippen molar-refractivity contribution >= 4 is 17.3 Å². The summed E-state index contributed by atoms with van der Waals surface area (Å²) >= 11 is 0. The smallest absolute Gasteiger partial charge is 0.260 e. The monoisotopic (exact) mass is 340 g/mol. The normalized spacial score (nSPS) is 18.3. The van der Waals surface area contributed by atoms with E-state index in [2.05, 4.69) is 0 Å². The lowest BCUT2D eigenvalue weighted by Crippen LogP contribution is -2.24. The Bertz CT molecular complexity index is 916. The van der Waals surface area contributed by atoms with Crippen LogP contribution in [0.25, 0.3) is 11.4 Å². The number of carbonyl (C=O) groups excluding carboxylic acids is 1. The van der Waals surface area contributed by atoms with E-state index >= 15 is 0 Å². The Labute approximate surface area is 145 Å². The van der Waals surface area contributed by atoms with Gasteiger partial charge in [0.25, 0.3) is 5.91 Å². The molecule has 4 rings (SSSR count). The topological polar surface area (TPSA) is 59.1 Å². The molecule has 0 spiro atoms. The second-order valence-corrected chi connectivity index (χ2v) is 6.41. The van der Waals surface area contributed by atoms with Gasteiger partial charge in [0.15, 0.2) is 11.5 Å². The SMILES string of the molecule is Cc1ccc(C2=C3C(=O)N(C)C(c4ccc(C)o4)=C3COCN2C)o1. The summed E-state index contributed by atoms with van der Waals surface area (Å²) in [6.07, 6.45) is 0. The molecule has 4 heterocycles. The van der Waals surface area contributed by atoms with Gasteiger partial charge in [-0.1, -0.05) is 0 Å². The molecule has 130 valence electrons. The molecule has 25 heavy (non-hydrogen) atoms. The van der Waals surface area contributed by atoms with E-state index in [1.54, 1.807) is 11.9 Å². The minimum atomic E-state index is -0.0829. The van der Waals surface area contributed by atoms with Gasteiger partial charge in [-0.25, -0.2) is 0 Å². The summed E-state index contributed by atoms with van der Waals surface area (Å²) in [6, 6.07) is 7.56. The maximum atomic E-state index is 13.1. The van der Waals surface area contributed by atoms with E-state index in [4.69, 9.17) is 13.6 Å². The van der Waals surface area contributed by atoms with Gasteiger partial charge >= 0.3 is 0 Å². The fourth-order valence-electron chi connectivity index (χ4n) is 3.39. The number of ether oxygens (including phenoxy) is 1. The van der Waals surface area contributed by atoms with Crippen molar-refractivity contribution < 1.29 is 18.4 Å². The van der Waals surface area contributed by atoms with Crippen LogP contribution in [-0.4, -0.2) is 43.1 Å². The number of nitrogens with zero attached hydrogens (tertiary/aromatic N) is 2. The maximum absolute atomic E-state index is 13.1. The molecule has 2 aliphatic heterocycles. The van der Waals surface area contributed by atoms with E-state index in [-0.39, 0.29) is 5.91 Å². The van der Waals surface area contributed by atoms with Crippen molar-refractivity contribution in [3.8, 4) is 0 Å². The minimum absolute atomic E-state index is 0.0829. The summed E-state index contributed by atoms with van der Waals surface area (Å²) in [5, 5.41) is 0. The third-order valence-electron chi connectivity index (χ3n) is 4.54. The summed E-state index contributed by atoms with van der Waals surface area (Å²) < 4.78 is 17.4. The van der Waals surface area contributed by atoms with Gasteiger partial charge in [0.2, 0.25) is 0 Å². The molecular formula is C19H20N2O4. The molecule has 0 N–H and O–H groups in total. The van der Waals surface area contributed by atoms with E-state index in [0.29, 0.717) is 30.4 Å². The lowest BCUT2D eigenvalue weighted by Gasteiger charge is -2.20. The Morgan fingerprint density at radius 2 is 1.52 bits per heavy atom. The van der Waals surface area contributed by atoms with Crippen LogP contribution in [0.2, 0.25) is 0 Å². The number of aryl methyl sites for hydroxylation is 2. The van der Waals surface area contributed by atoms with Crippen LogP contribution in [0.4, 0.5) is 0 Å². The Morgan fingerprint density at radius 1 is 0.920 bits per heavy atom. The molecule has 2 aliphatic rings. The first-order valence-corrected chi connectivity index (χ1v) is 8.15. The molecule has 6 heteroatoms. The van der Waals surface area contributed by atoms with Gasteiger partial charge < -0.3 is 23.4 Å². The van der Waals surface area contributed by atoms with Crippen molar-refractivity contribution in [3.63, 3.8) is 0 Å². The first-order valence-electron chi connectivity index (χ1n) is 8.15. The van der Waals surface area contributed by atoms with Gasteiger partial charge in [0.1, 0.15) is 18.3 Å². The van der Waals surface area contributed by atoms with Gasteiger partial charge in [-0.05, 0) is 38.1 Å². The molecule has 0 unspecified atom stereocenters. The Kier molecular flexibility index (Phi) is 3.58. The molecule has 0 fully saturated rings. The maximum Gasteiger partial charge on any atom is 0.260 e. The number of fused-ring (bicyclic) bond motifs is 1. The van der Waals surface area contributed by atoms with Gasteiger partial charge in [-0.3, -0.25) is 4.79 Å². The van der Waals surface area contributed by atoms with Crippen molar-refractivity contribution in [2.45, 2.75) is 13.8 Å². The number of likely N-dealkylation sites (N-methyl/N-ethyl adjacent to an activating group) is 1. The Balaban J connectivity index is 1.98. The number of hydrogen-bond donors (Lipinski definition) is 0. The number of carbonyl (C=O) groups is 1. The number of rotatable bonds is 2. The fraction of sp³-hybridized carbons (Fsp3) is 0.316. The largest absolute Gasteiger partial charge is 0.460 e. The molecule has 0 radical (unpaired) electrons. The second kappa shape index (κ2) is 5.67. The average Bonchev–Trinajstić information content (AvgIpc) is 3.20. The van der Waals surface area contributed by atoms with Crippen molar-refractivity contribution in [1.29, 1.82) is 0 Å². The van der Waals surface area contributed by atoms with Crippen LogP contribution in [-0.2, 0) is 9.53 Å². The third-order valence-corrected chi connectivity index (χ3v) is 4.54. The van der Waals surface area contributed by atoms with E-state index in [1.807, 2.05) is 50.1 Å². The molecule has 0 saturated carbocycles. The van der Waals surface area contributed by atoms with Crippen LogP contribution >= 0.6 is 0 Å². The number of amides is 1. The van der Waals surface area contributed by atoms with Gasteiger partial charge in [0.05, 0.1) is 23.6 Å². The summed E-state index contributed by atoms with van der Waals surface area (Å²) in [4.78, 5) is 16.6. The van der Waals surface area contributed by atoms with Crippen molar-refractivity contribution in [1.82, 2.24) is 9.80 Å². The molecule has 1 amide bonds. The van der Waals surface area contributed by atoms with Crippen molar-refractivity contribution in [2.75, 3.05) is 27.4 Å². The highest BCUT2D eigenvalue weighted by molar-refractivity contribution is 6.14. The van der Waals surface area contributed by atoms with Crippen LogP contribution in [0.15, 0.2) is 44.2 Å². The molecule has 0 atom stereocenters. The highest BCUT2D eigenvalue weighted by Crippen LogP contribution is 2.41. The zero-order valence-corrected chi connectivity index (χ0v) is 14.8. The highest BCUT2D eigenvalue weighted by Gasteiger charge is 2.40. The van der Waals surface area contributed by atoms with Gasteiger partial charge in [-0.2, -0.15) is 0 Å². The molecule has 0 aliphatic carbocycles. The van der Waals surface area contributed by atoms with Crippen LogP contribution in [0.1, 0.15) is 23.0 Å². The zero-order chi connectivity index (χ0) is 17.7. The summed E-state index contributed by atoms with van der Waals surface area (Å²) in [6.45, 7) is 4.49. The van der Waals surface area contributed by atoms with Crippen molar-refractivity contribution in [2.24, 2.45) is 0 Å². The zero-order valence-electron chi connectivity index (χ0n) is 14.8. The molecule has 0 bridgehead atoms. The highest BCUT2D eigenvalue weighted by atomic mass is 16.5. The van der Waals surface area contributed by atoms with E-state index in [0.717, 1.165) is 28.5 Å². The van der Waals surface area contributed by atoms with E-state index in [9.17, 15) is 4.79 Å². The minimum Gasteiger partial charge on any atom is -0.460 e. The predicted molar refractivity (Wildman–Crippen MR) is 92.1 cm³/mol. The Morgan fingerprint density at radius 3 is 2.08 bits per heavy atom. The van der Waals surface area contributed by atoms with Crippen LogP contribution in [0, 0.1) is 13.8 Å². The molecule has 2 aromatic rings. The number of furan rings is 2. The summed E-state index contributed by atoms with van der Waals surface area (Å²) in [5.74, 6) is 2.85. The third kappa shape index (κ3) is 2.41. The molecule has 0 aromatic carbocycles. The average molecular weight is 340 g/mol. The molecular weight excluding hydrogens is 320 g/mol.